The highest BCUT2D eigenvalue weighted by molar-refractivity contribution is 6.08. The van der Waals surface area contributed by atoms with Crippen LogP contribution in [-0.2, 0) is 13.6 Å². The molecule has 102 valence electrons. The molecule has 6 nitrogen and oxygen atoms in total. The van der Waals surface area contributed by atoms with E-state index in [0.717, 1.165) is 12.1 Å². The molecule has 2 aromatic rings. The number of methoxy groups -OCH3 is 1. The van der Waals surface area contributed by atoms with E-state index in [1.165, 1.54) is 7.11 Å². The van der Waals surface area contributed by atoms with E-state index in [1.54, 1.807) is 21.6 Å². The summed E-state index contributed by atoms with van der Waals surface area (Å²) in [5.41, 5.74) is 1.81. The fraction of sp³-hybridized carbons (Fsp3) is 0.462. The van der Waals surface area contributed by atoms with Gasteiger partial charge in [-0.2, -0.15) is 10.2 Å². The fourth-order valence-corrected chi connectivity index (χ4v) is 1.92. The maximum absolute atomic E-state index is 12.5. The van der Waals surface area contributed by atoms with Crippen molar-refractivity contribution in [2.75, 3.05) is 7.11 Å². The Morgan fingerprint density at radius 3 is 2.74 bits per heavy atom. The maximum atomic E-state index is 12.5. The van der Waals surface area contributed by atoms with Crippen molar-refractivity contribution < 1.29 is 9.53 Å². The molecule has 0 unspecified atom stereocenters. The van der Waals surface area contributed by atoms with Gasteiger partial charge >= 0.3 is 0 Å². The first-order chi connectivity index (χ1) is 9.08. The highest BCUT2D eigenvalue weighted by atomic mass is 16.5. The van der Waals surface area contributed by atoms with E-state index in [2.05, 4.69) is 10.2 Å². The van der Waals surface area contributed by atoms with Crippen LogP contribution < -0.4 is 4.74 Å². The number of hydrogen-bond donors (Lipinski definition) is 0. The van der Waals surface area contributed by atoms with E-state index in [-0.39, 0.29) is 5.78 Å². The number of ether oxygens (including phenoxy) is 1. The Bertz CT molecular complexity index is 578. The molecule has 0 aliphatic carbocycles. The molecule has 2 heterocycles. The molecule has 6 heteroatoms. The van der Waals surface area contributed by atoms with Gasteiger partial charge in [0.1, 0.15) is 5.69 Å². The van der Waals surface area contributed by atoms with E-state index < -0.39 is 0 Å². The van der Waals surface area contributed by atoms with Crippen LogP contribution in [-0.4, -0.2) is 32.5 Å². The van der Waals surface area contributed by atoms with Crippen molar-refractivity contribution in [3.05, 3.63) is 29.3 Å². The third-order valence-electron chi connectivity index (χ3n) is 3.02. The largest absolute Gasteiger partial charge is 0.493 e. The number of carbonyl (C=O) groups excluding carboxylic acids is 1. The Labute approximate surface area is 112 Å². The van der Waals surface area contributed by atoms with Crippen molar-refractivity contribution in [1.29, 1.82) is 0 Å². The van der Waals surface area contributed by atoms with Crippen LogP contribution in [0.25, 0.3) is 0 Å². The van der Waals surface area contributed by atoms with Gasteiger partial charge in [-0.25, -0.2) is 0 Å². The number of hydrogen-bond acceptors (Lipinski definition) is 4. The summed E-state index contributed by atoms with van der Waals surface area (Å²) >= 11 is 0. The summed E-state index contributed by atoms with van der Waals surface area (Å²) < 4.78 is 8.57. The van der Waals surface area contributed by atoms with Gasteiger partial charge in [-0.1, -0.05) is 6.92 Å². The lowest BCUT2D eigenvalue weighted by molar-refractivity contribution is 0.102. The molecular weight excluding hydrogens is 244 g/mol. The highest BCUT2D eigenvalue weighted by Gasteiger charge is 2.23. The molecule has 0 amide bonds. The second kappa shape index (κ2) is 5.26. The lowest BCUT2D eigenvalue weighted by Crippen LogP contribution is -2.13. The zero-order chi connectivity index (χ0) is 14.0. The molecule has 2 aromatic heterocycles. The van der Waals surface area contributed by atoms with Gasteiger partial charge in [0.25, 0.3) is 0 Å². The third-order valence-corrected chi connectivity index (χ3v) is 3.02. The van der Waals surface area contributed by atoms with Crippen LogP contribution in [0.3, 0.4) is 0 Å². The van der Waals surface area contributed by atoms with Gasteiger partial charge in [0, 0.05) is 19.3 Å². The highest BCUT2D eigenvalue weighted by Crippen LogP contribution is 2.21. The van der Waals surface area contributed by atoms with Crippen molar-refractivity contribution in [3.63, 3.8) is 0 Å². The molecule has 19 heavy (non-hydrogen) atoms. The average molecular weight is 262 g/mol. The van der Waals surface area contributed by atoms with Crippen molar-refractivity contribution in [2.45, 2.75) is 26.8 Å². The first-order valence-electron chi connectivity index (χ1n) is 6.23. The summed E-state index contributed by atoms with van der Waals surface area (Å²) in [6, 6.07) is 1.77. The summed E-state index contributed by atoms with van der Waals surface area (Å²) in [6.07, 6.45) is 2.46. The molecule has 0 radical (unpaired) electrons. The molecular formula is C13H18N4O2. The van der Waals surface area contributed by atoms with E-state index in [4.69, 9.17) is 4.74 Å². The molecule has 0 N–H and O–H groups in total. The summed E-state index contributed by atoms with van der Waals surface area (Å²) in [5.74, 6) is 0.327. The van der Waals surface area contributed by atoms with Gasteiger partial charge in [0.2, 0.25) is 5.78 Å². The number of nitrogens with zero attached hydrogens (tertiary/aromatic N) is 4. The molecule has 0 spiro atoms. The van der Waals surface area contributed by atoms with Crippen LogP contribution in [0.1, 0.15) is 35.2 Å². The molecule has 0 atom stereocenters. The van der Waals surface area contributed by atoms with Crippen molar-refractivity contribution >= 4 is 5.78 Å². The van der Waals surface area contributed by atoms with Crippen LogP contribution >= 0.6 is 0 Å². The normalized spacial score (nSPS) is 10.7. The second-order valence-electron chi connectivity index (χ2n) is 4.41. The molecule has 0 saturated heterocycles. The smallest absolute Gasteiger partial charge is 0.235 e. The Morgan fingerprint density at radius 2 is 2.21 bits per heavy atom. The lowest BCUT2D eigenvalue weighted by atomic mass is 10.2. The van der Waals surface area contributed by atoms with Crippen LogP contribution in [0.15, 0.2) is 12.3 Å². The number of carbonyl (C=O) groups is 1. The summed E-state index contributed by atoms with van der Waals surface area (Å²) in [5, 5.41) is 8.40. The number of aryl methyl sites for hydroxylation is 3. The molecule has 0 fully saturated rings. The average Bonchev–Trinajstić information content (AvgIpc) is 2.94. The van der Waals surface area contributed by atoms with Crippen LogP contribution in [0, 0.1) is 6.92 Å². The van der Waals surface area contributed by atoms with Gasteiger partial charge in [0.05, 0.1) is 13.3 Å². The Hall–Kier alpha value is -2.11. The van der Waals surface area contributed by atoms with E-state index >= 15 is 0 Å². The molecule has 0 aliphatic heterocycles. The standard InChI is InChI=1S/C13H18N4O2/c1-5-6-17-12(11(19-4)8-14-17)13(18)10-7-9(2)16(3)15-10/h7-8H,5-6H2,1-4H3. The van der Waals surface area contributed by atoms with Crippen molar-refractivity contribution in [2.24, 2.45) is 7.05 Å². The Balaban J connectivity index is 2.44. The molecule has 0 aromatic carbocycles. The Morgan fingerprint density at radius 1 is 1.47 bits per heavy atom. The summed E-state index contributed by atoms with van der Waals surface area (Å²) in [4.78, 5) is 12.5. The Kier molecular flexibility index (Phi) is 3.69. The fourth-order valence-electron chi connectivity index (χ4n) is 1.92. The molecule has 0 saturated carbocycles. The van der Waals surface area contributed by atoms with Crippen LogP contribution in [0.2, 0.25) is 0 Å². The van der Waals surface area contributed by atoms with Gasteiger partial charge in [-0.05, 0) is 19.4 Å². The topological polar surface area (TPSA) is 61.9 Å². The summed E-state index contributed by atoms with van der Waals surface area (Å²) in [6.45, 7) is 4.62. The lowest BCUT2D eigenvalue weighted by Gasteiger charge is -2.05. The summed E-state index contributed by atoms with van der Waals surface area (Å²) in [7, 11) is 3.35. The van der Waals surface area contributed by atoms with Gasteiger partial charge in [-0.15, -0.1) is 0 Å². The second-order valence-corrected chi connectivity index (χ2v) is 4.41. The zero-order valence-corrected chi connectivity index (χ0v) is 11.7. The molecule has 0 bridgehead atoms. The first-order valence-corrected chi connectivity index (χ1v) is 6.23. The van der Waals surface area contributed by atoms with E-state index in [9.17, 15) is 4.79 Å². The first kappa shape index (κ1) is 13.3. The number of aromatic nitrogens is 4. The SMILES string of the molecule is CCCn1ncc(OC)c1C(=O)c1cc(C)n(C)n1. The minimum atomic E-state index is -0.161. The van der Waals surface area contributed by atoms with Gasteiger partial charge in [-0.3, -0.25) is 14.2 Å². The van der Waals surface area contributed by atoms with E-state index in [1.807, 2.05) is 20.9 Å². The number of rotatable bonds is 5. The minimum absolute atomic E-state index is 0.161. The number of ketones is 1. The van der Waals surface area contributed by atoms with Crippen LogP contribution in [0.5, 0.6) is 5.75 Å². The maximum Gasteiger partial charge on any atom is 0.235 e. The zero-order valence-electron chi connectivity index (χ0n) is 11.7. The monoisotopic (exact) mass is 262 g/mol. The van der Waals surface area contributed by atoms with Crippen molar-refractivity contribution in [3.8, 4) is 5.75 Å². The molecule has 2 rings (SSSR count). The predicted molar refractivity (Wildman–Crippen MR) is 70.4 cm³/mol. The van der Waals surface area contributed by atoms with Gasteiger partial charge in [0.15, 0.2) is 11.4 Å². The van der Waals surface area contributed by atoms with Gasteiger partial charge < -0.3 is 4.74 Å². The quantitative estimate of drug-likeness (QED) is 0.767. The van der Waals surface area contributed by atoms with Crippen molar-refractivity contribution in [1.82, 2.24) is 19.6 Å². The van der Waals surface area contributed by atoms with E-state index in [0.29, 0.717) is 23.7 Å². The third kappa shape index (κ3) is 2.38. The van der Waals surface area contributed by atoms with Crippen LogP contribution in [0.4, 0.5) is 0 Å². The minimum Gasteiger partial charge on any atom is -0.493 e. The molecule has 0 aliphatic rings. The predicted octanol–water partition coefficient (Wildman–Crippen LogP) is 1.57.